The largest absolute Gasteiger partial charge is 0.323 e. The Labute approximate surface area is 127 Å². The zero-order chi connectivity index (χ0) is 15.4. The highest BCUT2D eigenvalue weighted by molar-refractivity contribution is 6.31. The molecular weight excluding hydrogens is 293 g/mol. The van der Waals surface area contributed by atoms with Gasteiger partial charge in [0.25, 0.3) is 0 Å². The van der Waals surface area contributed by atoms with E-state index in [1.807, 2.05) is 13.8 Å². The summed E-state index contributed by atoms with van der Waals surface area (Å²) in [6.45, 7) is 4.25. The van der Waals surface area contributed by atoms with Crippen LogP contribution in [0.2, 0.25) is 5.02 Å². The van der Waals surface area contributed by atoms with Gasteiger partial charge in [-0.2, -0.15) is 5.10 Å². The Bertz CT molecular complexity index is 642. The van der Waals surface area contributed by atoms with Crippen molar-refractivity contribution in [3.63, 3.8) is 0 Å². The van der Waals surface area contributed by atoms with Crippen LogP contribution in [0.3, 0.4) is 0 Å². The van der Waals surface area contributed by atoms with Crippen LogP contribution in [0.4, 0.5) is 10.1 Å². The second-order valence-electron chi connectivity index (χ2n) is 4.96. The third-order valence-corrected chi connectivity index (χ3v) is 3.66. The van der Waals surface area contributed by atoms with Gasteiger partial charge in [-0.3, -0.25) is 9.48 Å². The fraction of sp³-hybridized carbons (Fsp3) is 0.333. The van der Waals surface area contributed by atoms with E-state index in [1.54, 1.807) is 23.1 Å². The molecule has 0 aliphatic carbocycles. The van der Waals surface area contributed by atoms with Crippen molar-refractivity contribution in [3.05, 3.63) is 47.0 Å². The Balaban J connectivity index is 2.05. The van der Waals surface area contributed by atoms with Crippen molar-refractivity contribution < 1.29 is 9.18 Å². The molecule has 1 unspecified atom stereocenters. The number of hydrogen-bond donors (Lipinski definition) is 1. The summed E-state index contributed by atoms with van der Waals surface area (Å²) in [5.41, 5.74) is 1.40. The normalized spacial score (nSPS) is 12.2. The maximum atomic E-state index is 13.0. The zero-order valence-corrected chi connectivity index (χ0v) is 12.7. The fourth-order valence-electron chi connectivity index (χ4n) is 1.79. The molecule has 1 amide bonds. The second kappa shape index (κ2) is 6.72. The molecule has 2 rings (SSSR count). The predicted molar refractivity (Wildman–Crippen MR) is 80.8 cm³/mol. The lowest BCUT2D eigenvalue weighted by molar-refractivity contribution is -0.119. The van der Waals surface area contributed by atoms with Gasteiger partial charge < -0.3 is 5.32 Å². The third-order valence-electron chi connectivity index (χ3n) is 3.31. The highest BCUT2D eigenvalue weighted by Gasteiger charge is 2.11. The van der Waals surface area contributed by atoms with Gasteiger partial charge in [0.2, 0.25) is 5.91 Å². The predicted octanol–water partition coefficient (Wildman–Crippen LogP) is 3.71. The number of aromatic nitrogens is 2. The number of carbonyl (C=O) groups is 1. The van der Waals surface area contributed by atoms with Crippen LogP contribution < -0.4 is 5.32 Å². The van der Waals surface area contributed by atoms with E-state index in [0.29, 0.717) is 17.3 Å². The molecule has 1 aromatic heterocycles. The highest BCUT2D eigenvalue weighted by atomic mass is 35.5. The van der Waals surface area contributed by atoms with Crippen molar-refractivity contribution in [2.75, 3.05) is 5.32 Å². The molecule has 0 radical (unpaired) electrons. The van der Waals surface area contributed by atoms with Crippen molar-refractivity contribution in [1.29, 1.82) is 0 Å². The van der Waals surface area contributed by atoms with Gasteiger partial charge in [0.05, 0.1) is 18.4 Å². The minimum Gasteiger partial charge on any atom is -0.323 e. The summed E-state index contributed by atoms with van der Waals surface area (Å²) in [4.78, 5) is 11.8. The molecular formula is C15H17ClFN3O. The Morgan fingerprint density at radius 1 is 1.52 bits per heavy atom. The molecule has 1 aromatic carbocycles. The van der Waals surface area contributed by atoms with Gasteiger partial charge in [-0.05, 0) is 24.1 Å². The second-order valence-corrected chi connectivity index (χ2v) is 5.37. The molecule has 0 saturated carbocycles. The lowest BCUT2D eigenvalue weighted by Crippen LogP contribution is -2.19. The molecule has 2 aromatic rings. The van der Waals surface area contributed by atoms with E-state index in [0.717, 1.165) is 12.0 Å². The van der Waals surface area contributed by atoms with Gasteiger partial charge in [-0.15, -0.1) is 0 Å². The molecule has 0 fully saturated rings. The molecule has 0 saturated heterocycles. The van der Waals surface area contributed by atoms with E-state index in [-0.39, 0.29) is 17.6 Å². The average Bonchev–Trinajstić information content (AvgIpc) is 2.88. The van der Waals surface area contributed by atoms with E-state index < -0.39 is 0 Å². The standard InChI is InChI=1S/C15H17ClFN3O/c1-3-10(2)15(21)19-13-7-18-20(9-13)8-11-4-5-12(17)6-14(11)16/h4-7,9-10H,3,8H2,1-2H3,(H,19,21). The Hall–Kier alpha value is -1.88. The number of carbonyl (C=O) groups excluding carboxylic acids is 1. The number of anilines is 1. The summed E-state index contributed by atoms with van der Waals surface area (Å²) in [6, 6.07) is 4.25. The number of amides is 1. The summed E-state index contributed by atoms with van der Waals surface area (Å²) in [7, 11) is 0. The topological polar surface area (TPSA) is 46.9 Å². The molecule has 0 spiro atoms. The first-order valence-electron chi connectivity index (χ1n) is 6.77. The van der Waals surface area contributed by atoms with Crippen LogP contribution in [-0.2, 0) is 11.3 Å². The first-order valence-corrected chi connectivity index (χ1v) is 7.14. The number of rotatable bonds is 5. The van der Waals surface area contributed by atoms with Gasteiger partial charge >= 0.3 is 0 Å². The monoisotopic (exact) mass is 309 g/mol. The van der Waals surface area contributed by atoms with Gasteiger partial charge in [-0.25, -0.2) is 4.39 Å². The Morgan fingerprint density at radius 2 is 2.29 bits per heavy atom. The van der Waals surface area contributed by atoms with Crippen LogP contribution in [0, 0.1) is 11.7 Å². The summed E-state index contributed by atoms with van der Waals surface area (Å²) in [6.07, 6.45) is 4.09. The van der Waals surface area contributed by atoms with Crippen LogP contribution in [0.15, 0.2) is 30.6 Å². The van der Waals surface area contributed by atoms with Crippen LogP contribution in [0.1, 0.15) is 25.8 Å². The van der Waals surface area contributed by atoms with Gasteiger partial charge in [0, 0.05) is 17.1 Å². The van der Waals surface area contributed by atoms with Crippen molar-refractivity contribution in [3.8, 4) is 0 Å². The molecule has 1 N–H and O–H groups in total. The quantitative estimate of drug-likeness (QED) is 0.915. The number of hydrogen-bond acceptors (Lipinski definition) is 2. The van der Waals surface area contributed by atoms with Crippen LogP contribution >= 0.6 is 11.6 Å². The minimum absolute atomic E-state index is 0.0307. The van der Waals surface area contributed by atoms with Crippen molar-refractivity contribution >= 4 is 23.2 Å². The van der Waals surface area contributed by atoms with Gasteiger partial charge in [-0.1, -0.05) is 31.5 Å². The molecule has 0 bridgehead atoms. The summed E-state index contributed by atoms with van der Waals surface area (Å²) in [5.74, 6) is -0.442. The van der Waals surface area contributed by atoms with E-state index in [4.69, 9.17) is 11.6 Å². The van der Waals surface area contributed by atoms with E-state index in [2.05, 4.69) is 10.4 Å². The van der Waals surface area contributed by atoms with E-state index in [9.17, 15) is 9.18 Å². The summed E-state index contributed by atoms with van der Waals surface area (Å²) >= 11 is 5.98. The van der Waals surface area contributed by atoms with Gasteiger partial charge in [0.1, 0.15) is 5.82 Å². The smallest absolute Gasteiger partial charge is 0.227 e. The number of nitrogens with zero attached hydrogens (tertiary/aromatic N) is 2. The lowest BCUT2D eigenvalue weighted by Gasteiger charge is -2.07. The Kier molecular flexibility index (Phi) is 4.96. The lowest BCUT2D eigenvalue weighted by atomic mass is 10.1. The minimum atomic E-state index is -0.370. The molecule has 1 heterocycles. The molecule has 1 atom stereocenters. The Morgan fingerprint density at radius 3 is 2.95 bits per heavy atom. The first kappa shape index (κ1) is 15.5. The van der Waals surface area contributed by atoms with Crippen molar-refractivity contribution in [2.45, 2.75) is 26.8 Å². The van der Waals surface area contributed by atoms with Crippen molar-refractivity contribution in [2.24, 2.45) is 5.92 Å². The molecule has 0 aliphatic rings. The zero-order valence-electron chi connectivity index (χ0n) is 11.9. The molecule has 6 heteroatoms. The maximum Gasteiger partial charge on any atom is 0.227 e. The van der Waals surface area contributed by atoms with Crippen LogP contribution in [-0.4, -0.2) is 15.7 Å². The van der Waals surface area contributed by atoms with Gasteiger partial charge in [0.15, 0.2) is 0 Å². The number of benzene rings is 1. The molecule has 112 valence electrons. The third kappa shape index (κ3) is 4.04. The van der Waals surface area contributed by atoms with E-state index >= 15 is 0 Å². The first-order chi connectivity index (χ1) is 9.99. The average molecular weight is 310 g/mol. The number of halogens is 2. The fourth-order valence-corrected chi connectivity index (χ4v) is 2.02. The summed E-state index contributed by atoms with van der Waals surface area (Å²) < 4.78 is 14.6. The highest BCUT2D eigenvalue weighted by Crippen LogP contribution is 2.19. The molecule has 4 nitrogen and oxygen atoms in total. The van der Waals surface area contributed by atoms with Crippen LogP contribution in [0.5, 0.6) is 0 Å². The molecule has 21 heavy (non-hydrogen) atoms. The number of nitrogens with one attached hydrogen (secondary N) is 1. The summed E-state index contributed by atoms with van der Waals surface area (Å²) in [5, 5.41) is 7.33. The van der Waals surface area contributed by atoms with E-state index in [1.165, 1.54) is 12.1 Å². The maximum absolute atomic E-state index is 13.0. The molecule has 0 aliphatic heterocycles. The van der Waals surface area contributed by atoms with Crippen LogP contribution in [0.25, 0.3) is 0 Å². The van der Waals surface area contributed by atoms with Crippen molar-refractivity contribution in [1.82, 2.24) is 9.78 Å². The SMILES string of the molecule is CCC(C)C(=O)Nc1cnn(Cc2ccc(F)cc2Cl)c1.